The molecule has 0 fully saturated rings. The Labute approximate surface area is 159 Å². The van der Waals surface area contributed by atoms with Gasteiger partial charge >= 0.3 is 0 Å². The second-order valence-corrected chi connectivity index (χ2v) is 7.44. The number of hydrogen-bond donors (Lipinski definition) is 2. The Morgan fingerprint density at radius 3 is 2.42 bits per heavy atom. The molecule has 2 aromatic carbocycles. The van der Waals surface area contributed by atoms with E-state index in [1.54, 1.807) is 23.9 Å². The molecule has 0 aromatic heterocycles. The second-order valence-electron chi connectivity index (χ2n) is 6.33. The van der Waals surface area contributed by atoms with Gasteiger partial charge in [0.1, 0.15) is 0 Å². The maximum atomic E-state index is 12.0. The molecule has 4 nitrogen and oxygen atoms in total. The van der Waals surface area contributed by atoms with Crippen LogP contribution in [0, 0.1) is 6.92 Å². The van der Waals surface area contributed by atoms with Crippen molar-refractivity contribution in [3.05, 3.63) is 71.3 Å². The molecule has 138 valence electrons. The zero-order valence-electron chi connectivity index (χ0n) is 15.3. The normalized spacial score (nSPS) is 11.6. The summed E-state index contributed by atoms with van der Waals surface area (Å²) in [7, 11) is 0. The van der Waals surface area contributed by atoms with Crippen molar-refractivity contribution in [2.45, 2.75) is 32.1 Å². The minimum atomic E-state index is -0.206. The molecule has 0 heterocycles. The van der Waals surface area contributed by atoms with Crippen molar-refractivity contribution in [2.75, 3.05) is 12.3 Å². The quantitative estimate of drug-likeness (QED) is 0.664. The van der Waals surface area contributed by atoms with E-state index in [0.29, 0.717) is 12.1 Å². The first-order valence-corrected chi connectivity index (χ1v) is 9.96. The molecule has 2 N–H and O–H groups in total. The average Bonchev–Trinajstić information content (AvgIpc) is 2.63. The number of carbonyl (C=O) groups excluding carboxylic acids is 2. The van der Waals surface area contributed by atoms with Crippen LogP contribution >= 0.6 is 11.8 Å². The van der Waals surface area contributed by atoms with Crippen molar-refractivity contribution in [3.63, 3.8) is 0 Å². The van der Waals surface area contributed by atoms with E-state index >= 15 is 0 Å². The van der Waals surface area contributed by atoms with Gasteiger partial charge in [-0.2, -0.15) is 11.8 Å². The van der Waals surface area contributed by atoms with Gasteiger partial charge in [-0.15, -0.1) is 0 Å². The molecule has 0 radical (unpaired) electrons. The number of amides is 2. The summed E-state index contributed by atoms with van der Waals surface area (Å²) >= 11 is 1.80. The summed E-state index contributed by atoms with van der Waals surface area (Å²) < 4.78 is 0. The molecule has 0 aliphatic heterocycles. The number of aryl methyl sites for hydroxylation is 1. The molecule has 0 aliphatic carbocycles. The number of benzene rings is 2. The summed E-state index contributed by atoms with van der Waals surface area (Å²) in [4.78, 5) is 24.0. The third-order valence-corrected chi connectivity index (χ3v) is 4.89. The molecule has 2 amide bonds. The average molecular weight is 371 g/mol. The predicted molar refractivity (Wildman–Crippen MR) is 108 cm³/mol. The van der Waals surface area contributed by atoms with E-state index in [1.165, 1.54) is 11.1 Å². The molecular weight excluding hydrogens is 344 g/mol. The number of nitrogens with one attached hydrogen (secondary N) is 2. The highest BCUT2D eigenvalue weighted by molar-refractivity contribution is 7.98. The maximum absolute atomic E-state index is 12.0. The Hall–Kier alpha value is -2.27. The van der Waals surface area contributed by atoms with Crippen LogP contribution in [0.1, 0.15) is 34.8 Å². The molecular formula is C21H26N2O2S. The molecule has 0 spiro atoms. The number of hydrogen-bond acceptors (Lipinski definition) is 3. The van der Waals surface area contributed by atoms with E-state index in [1.807, 2.05) is 25.1 Å². The Morgan fingerprint density at radius 2 is 1.73 bits per heavy atom. The van der Waals surface area contributed by atoms with Crippen molar-refractivity contribution in [1.82, 2.24) is 10.6 Å². The van der Waals surface area contributed by atoms with E-state index in [4.69, 9.17) is 0 Å². The van der Waals surface area contributed by atoms with Gasteiger partial charge in [0.2, 0.25) is 5.91 Å². The van der Waals surface area contributed by atoms with Crippen molar-refractivity contribution in [1.29, 1.82) is 0 Å². The van der Waals surface area contributed by atoms with E-state index in [9.17, 15) is 9.59 Å². The Morgan fingerprint density at radius 1 is 1.04 bits per heavy atom. The number of thioether (sulfide) groups is 1. The molecule has 1 atom stereocenters. The van der Waals surface area contributed by atoms with Crippen molar-refractivity contribution < 1.29 is 9.59 Å². The van der Waals surface area contributed by atoms with Crippen LogP contribution < -0.4 is 10.6 Å². The first kappa shape index (κ1) is 20.0. The fourth-order valence-corrected chi connectivity index (χ4v) is 3.25. The maximum Gasteiger partial charge on any atom is 0.251 e. The first-order chi connectivity index (χ1) is 12.5. The standard InChI is InChI=1S/C21H26N2O2S/c1-16-8-10-18(11-9-16)15-26-13-12-22-20(24)14-17(2)23-21(25)19-6-4-3-5-7-19/h3-11,17H,12-15H2,1-2H3,(H,22,24)(H,23,25). The van der Waals surface area contributed by atoms with Crippen LogP contribution in [-0.4, -0.2) is 30.2 Å². The summed E-state index contributed by atoms with van der Waals surface area (Å²) in [5.41, 5.74) is 3.16. The SMILES string of the molecule is Cc1ccc(CSCCNC(=O)CC(C)NC(=O)c2ccccc2)cc1. The smallest absolute Gasteiger partial charge is 0.251 e. The topological polar surface area (TPSA) is 58.2 Å². The Balaban J connectivity index is 1.59. The predicted octanol–water partition coefficient (Wildman–Crippen LogP) is 3.55. The van der Waals surface area contributed by atoms with Gasteiger partial charge in [0.15, 0.2) is 0 Å². The third kappa shape index (κ3) is 7.31. The summed E-state index contributed by atoms with van der Waals surface area (Å²) in [6.45, 7) is 4.55. The molecule has 0 saturated carbocycles. The van der Waals surface area contributed by atoms with E-state index in [2.05, 4.69) is 41.8 Å². The number of carbonyl (C=O) groups is 2. The van der Waals surface area contributed by atoms with E-state index in [-0.39, 0.29) is 24.3 Å². The highest BCUT2D eigenvalue weighted by atomic mass is 32.2. The van der Waals surface area contributed by atoms with Crippen molar-refractivity contribution >= 4 is 23.6 Å². The Bertz CT molecular complexity index is 702. The van der Waals surface area contributed by atoms with Gasteiger partial charge in [0, 0.05) is 36.1 Å². The van der Waals surface area contributed by atoms with Gasteiger partial charge in [0.05, 0.1) is 0 Å². The zero-order chi connectivity index (χ0) is 18.8. The van der Waals surface area contributed by atoms with Crippen LogP contribution in [0.3, 0.4) is 0 Å². The molecule has 2 aromatic rings. The summed E-state index contributed by atoms with van der Waals surface area (Å²) in [5, 5.41) is 5.76. The highest BCUT2D eigenvalue weighted by Gasteiger charge is 2.12. The van der Waals surface area contributed by atoms with Gasteiger partial charge in [0.25, 0.3) is 5.91 Å². The van der Waals surface area contributed by atoms with E-state index in [0.717, 1.165) is 11.5 Å². The van der Waals surface area contributed by atoms with Gasteiger partial charge in [-0.3, -0.25) is 9.59 Å². The molecule has 2 rings (SSSR count). The lowest BCUT2D eigenvalue weighted by Gasteiger charge is -2.14. The summed E-state index contributed by atoms with van der Waals surface area (Å²) in [6.07, 6.45) is 0.279. The second kappa shape index (κ2) is 10.7. The molecule has 0 saturated heterocycles. The summed E-state index contributed by atoms with van der Waals surface area (Å²) in [5.74, 6) is 1.62. The Kier molecular flexibility index (Phi) is 8.22. The lowest BCUT2D eigenvalue weighted by atomic mass is 10.1. The van der Waals surface area contributed by atoms with Crippen LogP contribution in [0.4, 0.5) is 0 Å². The van der Waals surface area contributed by atoms with Crippen molar-refractivity contribution in [3.8, 4) is 0 Å². The van der Waals surface area contributed by atoms with Crippen LogP contribution in [0.15, 0.2) is 54.6 Å². The first-order valence-electron chi connectivity index (χ1n) is 8.80. The van der Waals surface area contributed by atoms with Gasteiger partial charge in [-0.05, 0) is 31.5 Å². The molecule has 0 bridgehead atoms. The third-order valence-electron chi connectivity index (χ3n) is 3.86. The fraction of sp³-hybridized carbons (Fsp3) is 0.333. The van der Waals surface area contributed by atoms with Crippen LogP contribution in [0.5, 0.6) is 0 Å². The summed E-state index contributed by atoms with van der Waals surface area (Å²) in [6, 6.07) is 17.3. The van der Waals surface area contributed by atoms with Crippen LogP contribution in [-0.2, 0) is 10.5 Å². The largest absolute Gasteiger partial charge is 0.355 e. The van der Waals surface area contributed by atoms with E-state index < -0.39 is 0 Å². The monoisotopic (exact) mass is 370 g/mol. The van der Waals surface area contributed by atoms with Crippen molar-refractivity contribution in [2.24, 2.45) is 0 Å². The lowest BCUT2D eigenvalue weighted by Crippen LogP contribution is -2.37. The molecule has 0 aliphatic rings. The lowest BCUT2D eigenvalue weighted by molar-refractivity contribution is -0.121. The fourth-order valence-electron chi connectivity index (χ4n) is 2.43. The van der Waals surface area contributed by atoms with Gasteiger partial charge < -0.3 is 10.6 Å². The minimum absolute atomic E-state index is 0.0400. The van der Waals surface area contributed by atoms with Crippen LogP contribution in [0.2, 0.25) is 0 Å². The number of rotatable bonds is 9. The minimum Gasteiger partial charge on any atom is -0.355 e. The van der Waals surface area contributed by atoms with Gasteiger partial charge in [-0.1, -0.05) is 48.0 Å². The van der Waals surface area contributed by atoms with Crippen LogP contribution in [0.25, 0.3) is 0 Å². The molecule has 5 heteroatoms. The molecule has 26 heavy (non-hydrogen) atoms. The molecule has 1 unspecified atom stereocenters. The van der Waals surface area contributed by atoms with Gasteiger partial charge in [-0.25, -0.2) is 0 Å². The highest BCUT2D eigenvalue weighted by Crippen LogP contribution is 2.12. The zero-order valence-corrected chi connectivity index (χ0v) is 16.1.